The number of amides is 1. The Balaban J connectivity index is 3.53. The standard InChI is InChI=1S/C12H26N2O2/c1-4-5-7-14-11(16)9-13-10-12(2,3)6-8-15/h13,15H,4-10H2,1-3H3,(H,14,16). The van der Waals surface area contributed by atoms with E-state index >= 15 is 0 Å². The monoisotopic (exact) mass is 230 g/mol. The Hall–Kier alpha value is -0.610. The van der Waals surface area contributed by atoms with Crippen molar-refractivity contribution in [1.29, 1.82) is 0 Å². The number of unbranched alkanes of at least 4 members (excludes halogenated alkanes) is 1. The van der Waals surface area contributed by atoms with Gasteiger partial charge in [0.15, 0.2) is 0 Å². The lowest BCUT2D eigenvalue weighted by Gasteiger charge is -2.23. The first-order valence-electron chi connectivity index (χ1n) is 6.10. The van der Waals surface area contributed by atoms with E-state index in [1.165, 1.54) is 0 Å². The van der Waals surface area contributed by atoms with E-state index in [1.54, 1.807) is 0 Å². The van der Waals surface area contributed by atoms with Crippen LogP contribution in [-0.4, -0.2) is 37.3 Å². The SMILES string of the molecule is CCCCNC(=O)CNCC(C)(C)CCO. The van der Waals surface area contributed by atoms with E-state index in [9.17, 15) is 4.79 Å². The maximum Gasteiger partial charge on any atom is 0.233 e. The molecule has 0 aromatic rings. The molecule has 0 aliphatic carbocycles. The van der Waals surface area contributed by atoms with E-state index in [1.807, 2.05) is 0 Å². The highest BCUT2D eigenvalue weighted by Gasteiger charge is 2.16. The van der Waals surface area contributed by atoms with Crippen LogP contribution in [0, 0.1) is 5.41 Å². The van der Waals surface area contributed by atoms with Crippen LogP contribution in [0.5, 0.6) is 0 Å². The molecular weight excluding hydrogens is 204 g/mol. The lowest BCUT2D eigenvalue weighted by Crippen LogP contribution is -2.38. The van der Waals surface area contributed by atoms with Crippen LogP contribution in [0.4, 0.5) is 0 Å². The van der Waals surface area contributed by atoms with Gasteiger partial charge in [0.25, 0.3) is 0 Å². The molecule has 16 heavy (non-hydrogen) atoms. The number of carbonyl (C=O) groups is 1. The molecule has 0 aromatic carbocycles. The summed E-state index contributed by atoms with van der Waals surface area (Å²) in [6.07, 6.45) is 2.87. The summed E-state index contributed by atoms with van der Waals surface area (Å²) in [5.41, 5.74) is 0.0401. The maximum atomic E-state index is 11.3. The number of rotatable bonds is 9. The summed E-state index contributed by atoms with van der Waals surface area (Å²) in [6, 6.07) is 0. The molecule has 0 radical (unpaired) electrons. The van der Waals surface area contributed by atoms with Crippen molar-refractivity contribution < 1.29 is 9.90 Å². The summed E-state index contributed by atoms with van der Waals surface area (Å²) < 4.78 is 0. The number of hydrogen-bond donors (Lipinski definition) is 3. The zero-order valence-corrected chi connectivity index (χ0v) is 10.8. The second kappa shape index (κ2) is 8.53. The van der Waals surface area contributed by atoms with E-state index < -0.39 is 0 Å². The minimum Gasteiger partial charge on any atom is -0.396 e. The quantitative estimate of drug-likeness (QED) is 0.516. The summed E-state index contributed by atoms with van der Waals surface area (Å²) in [4.78, 5) is 11.3. The number of hydrogen-bond acceptors (Lipinski definition) is 3. The molecule has 0 atom stereocenters. The Kier molecular flexibility index (Phi) is 8.21. The second-order valence-electron chi connectivity index (χ2n) is 4.94. The Morgan fingerprint density at radius 3 is 2.62 bits per heavy atom. The lowest BCUT2D eigenvalue weighted by molar-refractivity contribution is -0.120. The first-order chi connectivity index (χ1) is 7.52. The van der Waals surface area contributed by atoms with Gasteiger partial charge in [-0.25, -0.2) is 0 Å². The average molecular weight is 230 g/mol. The van der Waals surface area contributed by atoms with Crippen molar-refractivity contribution in [2.75, 3.05) is 26.2 Å². The summed E-state index contributed by atoms with van der Waals surface area (Å²) >= 11 is 0. The first-order valence-corrected chi connectivity index (χ1v) is 6.10. The minimum atomic E-state index is 0.0401. The molecule has 0 bridgehead atoms. The molecule has 4 heteroatoms. The van der Waals surface area contributed by atoms with Crippen molar-refractivity contribution in [2.45, 2.75) is 40.0 Å². The molecule has 96 valence electrons. The Morgan fingerprint density at radius 2 is 2.06 bits per heavy atom. The van der Waals surface area contributed by atoms with Gasteiger partial charge >= 0.3 is 0 Å². The van der Waals surface area contributed by atoms with Gasteiger partial charge in [-0.15, -0.1) is 0 Å². The van der Waals surface area contributed by atoms with Gasteiger partial charge in [0.1, 0.15) is 0 Å². The van der Waals surface area contributed by atoms with Gasteiger partial charge in [-0.2, -0.15) is 0 Å². The van der Waals surface area contributed by atoms with Crippen LogP contribution < -0.4 is 10.6 Å². The number of aliphatic hydroxyl groups excluding tert-OH is 1. The van der Waals surface area contributed by atoms with Crippen LogP contribution >= 0.6 is 0 Å². The number of carbonyl (C=O) groups excluding carboxylic acids is 1. The molecule has 0 fully saturated rings. The van der Waals surface area contributed by atoms with Gasteiger partial charge in [0, 0.05) is 19.7 Å². The van der Waals surface area contributed by atoms with E-state index in [2.05, 4.69) is 31.4 Å². The third kappa shape index (κ3) is 8.68. The summed E-state index contributed by atoms with van der Waals surface area (Å²) in [5, 5.41) is 14.8. The minimum absolute atomic E-state index is 0.0401. The van der Waals surface area contributed by atoms with E-state index in [-0.39, 0.29) is 17.9 Å². The zero-order chi connectivity index (χ0) is 12.4. The van der Waals surface area contributed by atoms with Crippen molar-refractivity contribution in [3.8, 4) is 0 Å². The fourth-order valence-corrected chi connectivity index (χ4v) is 1.37. The Labute approximate surface area is 98.8 Å². The van der Waals surface area contributed by atoms with Gasteiger partial charge in [0.2, 0.25) is 5.91 Å². The molecule has 0 rings (SSSR count). The molecule has 0 heterocycles. The fraction of sp³-hybridized carbons (Fsp3) is 0.917. The van der Waals surface area contributed by atoms with Crippen LogP contribution in [0.25, 0.3) is 0 Å². The van der Waals surface area contributed by atoms with Crippen molar-refractivity contribution >= 4 is 5.91 Å². The third-order valence-corrected chi connectivity index (χ3v) is 2.53. The highest BCUT2D eigenvalue weighted by molar-refractivity contribution is 5.77. The topological polar surface area (TPSA) is 61.4 Å². The fourth-order valence-electron chi connectivity index (χ4n) is 1.37. The molecule has 3 N–H and O–H groups in total. The van der Waals surface area contributed by atoms with Gasteiger partial charge in [-0.3, -0.25) is 4.79 Å². The number of nitrogens with one attached hydrogen (secondary N) is 2. The van der Waals surface area contributed by atoms with Crippen molar-refractivity contribution in [1.82, 2.24) is 10.6 Å². The molecule has 0 saturated heterocycles. The largest absolute Gasteiger partial charge is 0.396 e. The summed E-state index contributed by atoms with van der Waals surface area (Å²) in [5.74, 6) is 0.0493. The predicted molar refractivity (Wildman–Crippen MR) is 66.3 cm³/mol. The second-order valence-corrected chi connectivity index (χ2v) is 4.94. The average Bonchev–Trinajstić information content (AvgIpc) is 2.17. The molecular formula is C12H26N2O2. The van der Waals surface area contributed by atoms with E-state index in [4.69, 9.17) is 5.11 Å². The van der Waals surface area contributed by atoms with E-state index in [0.717, 1.165) is 32.4 Å². The van der Waals surface area contributed by atoms with Crippen LogP contribution in [0.1, 0.15) is 40.0 Å². The molecule has 1 amide bonds. The van der Waals surface area contributed by atoms with Crippen LogP contribution in [0.15, 0.2) is 0 Å². The molecule has 0 aliphatic rings. The summed E-state index contributed by atoms with van der Waals surface area (Å²) in [7, 11) is 0. The van der Waals surface area contributed by atoms with Gasteiger partial charge in [0.05, 0.1) is 6.54 Å². The molecule has 0 spiro atoms. The lowest BCUT2D eigenvalue weighted by atomic mass is 9.90. The van der Waals surface area contributed by atoms with Gasteiger partial charge in [-0.1, -0.05) is 27.2 Å². The first kappa shape index (κ1) is 15.4. The predicted octanol–water partition coefficient (Wildman–Crippen LogP) is 0.901. The number of aliphatic hydroxyl groups is 1. The smallest absolute Gasteiger partial charge is 0.233 e. The Bertz CT molecular complexity index is 193. The van der Waals surface area contributed by atoms with Crippen LogP contribution in [0.3, 0.4) is 0 Å². The van der Waals surface area contributed by atoms with E-state index in [0.29, 0.717) is 6.54 Å². The molecule has 0 aliphatic heterocycles. The normalized spacial score (nSPS) is 11.5. The highest BCUT2D eigenvalue weighted by Crippen LogP contribution is 2.17. The molecule has 4 nitrogen and oxygen atoms in total. The van der Waals surface area contributed by atoms with Gasteiger partial charge < -0.3 is 15.7 Å². The zero-order valence-electron chi connectivity index (χ0n) is 10.8. The van der Waals surface area contributed by atoms with Crippen molar-refractivity contribution in [3.05, 3.63) is 0 Å². The third-order valence-electron chi connectivity index (χ3n) is 2.53. The molecule has 0 aromatic heterocycles. The highest BCUT2D eigenvalue weighted by atomic mass is 16.3. The summed E-state index contributed by atoms with van der Waals surface area (Å²) in [6.45, 7) is 8.31. The molecule has 0 saturated carbocycles. The van der Waals surface area contributed by atoms with Gasteiger partial charge in [-0.05, 0) is 18.3 Å². The van der Waals surface area contributed by atoms with Crippen molar-refractivity contribution in [3.63, 3.8) is 0 Å². The van der Waals surface area contributed by atoms with Crippen LogP contribution in [-0.2, 0) is 4.79 Å². The maximum absolute atomic E-state index is 11.3. The Morgan fingerprint density at radius 1 is 1.38 bits per heavy atom. The van der Waals surface area contributed by atoms with Crippen molar-refractivity contribution in [2.24, 2.45) is 5.41 Å². The van der Waals surface area contributed by atoms with Crippen LogP contribution in [0.2, 0.25) is 0 Å². The molecule has 0 unspecified atom stereocenters.